The number of ether oxygens (including phenoxy) is 1. The number of morpholine rings is 1. The second-order valence-electron chi connectivity index (χ2n) is 5.52. The molecule has 0 aromatic heterocycles. The van der Waals surface area contributed by atoms with Crippen molar-refractivity contribution in [3.8, 4) is 0 Å². The van der Waals surface area contributed by atoms with Gasteiger partial charge in [0.2, 0.25) is 11.8 Å². The van der Waals surface area contributed by atoms with E-state index in [0.717, 1.165) is 19.3 Å². The molecule has 0 bridgehead atoms. The predicted octanol–water partition coefficient (Wildman–Crippen LogP) is -0.0364. The molecule has 2 saturated heterocycles. The lowest BCUT2D eigenvalue weighted by Gasteiger charge is -2.33. The zero-order valence-corrected chi connectivity index (χ0v) is 12.2. The average molecular weight is 283 g/mol. The van der Waals surface area contributed by atoms with E-state index >= 15 is 0 Å². The number of hydrogen-bond acceptors (Lipinski definition) is 4. The summed E-state index contributed by atoms with van der Waals surface area (Å²) in [7, 11) is 0. The minimum Gasteiger partial charge on any atom is -0.378 e. The molecule has 2 amide bonds. The number of carbonyl (C=O) groups is 2. The minimum atomic E-state index is -0.474. The first-order valence-electron chi connectivity index (χ1n) is 7.57. The van der Waals surface area contributed by atoms with Crippen LogP contribution in [-0.4, -0.2) is 66.5 Å². The van der Waals surface area contributed by atoms with Gasteiger partial charge in [0.15, 0.2) is 0 Å². The summed E-state index contributed by atoms with van der Waals surface area (Å²) in [6.45, 7) is 5.07. The van der Waals surface area contributed by atoms with Gasteiger partial charge in [0.25, 0.3) is 0 Å². The van der Waals surface area contributed by atoms with Crippen molar-refractivity contribution in [3.63, 3.8) is 0 Å². The average Bonchev–Trinajstić information content (AvgIpc) is 2.96. The van der Waals surface area contributed by atoms with Gasteiger partial charge in [-0.15, -0.1) is 0 Å². The molecule has 20 heavy (non-hydrogen) atoms. The number of rotatable bonds is 4. The van der Waals surface area contributed by atoms with Crippen LogP contribution in [0.3, 0.4) is 0 Å². The van der Waals surface area contributed by atoms with Crippen LogP contribution in [0.4, 0.5) is 0 Å². The Morgan fingerprint density at radius 1 is 1.30 bits per heavy atom. The van der Waals surface area contributed by atoms with E-state index in [1.54, 1.807) is 4.90 Å². The number of hydrogen-bond donors (Lipinski definition) is 1. The number of nitrogens with two attached hydrogens (primary N) is 1. The van der Waals surface area contributed by atoms with Crippen molar-refractivity contribution in [3.05, 3.63) is 0 Å². The van der Waals surface area contributed by atoms with E-state index in [2.05, 4.69) is 0 Å². The van der Waals surface area contributed by atoms with Crippen LogP contribution < -0.4 is 5.73 Å². The summed E-state index contributed by atoms with van der Waals surface area (Å²) in [5.41, 5.74) is 5.91. The van der Waals surface area contributed by atoms with Gasteiger partial charge in [-0.25, -0.2) is 0 Å². The molecule has 1 unspecified atom stereocenters. The molecule has 0 aromatic rings. The molecule has 2 heterocycles. The van der Waals surface area contributed by atoms with Crippen molar-refractivity contribution in [1.82, 2.24) is 9.80 Å². The van der Waals surface area contributed by atoms with Crippen molar-refractivity contribution in [2.24, 2.45) is 5.73 Å². The van der Waals surface area contributed by atoms with Gasteiger partial charge in [-0.05, 0) is 19.3 Å². The highest BCUT2D eigenvalue weighted by molar-refractivity contribution is 5.90. The highest BCUT2D eigenvalue weighted by atomic mass is 16.5. The van der Waals surface area contributed by atoms with E-state index in [9.17, 15) is 9.59 Å². The fraction of sp³-hybridized carbons (Fsp3) is 0.857. The molecule has 6 nitrogen and oxygen atoms in total. The minimum absolute atomic E-state index is 0.0582. The van der Waals surface area contributed by atoms with Gasteiger partial charge in [-0.1, -0.05) is 13.3 Å². The monoisotopic (exact) mass is 283 g/mol. The third-order valence-corrected chi connectivity index (χ3v) is 4.06. The van der Waals surface area contributed by atoms with E-state index in [0.29, 0.717) is 39.3 Å². The highest BCUT2D eigenvalue weighted by Crippen LogP contribution is 2.21. The van der Waals surface area contributed by atoms with Crippen LogP contribution in [0.2, 0.25) is 0 Å². The number of nitrogens with zero attached hydrogens (tertiary/aromatic N) is 2. The summed E-state index contributed by atoms with van der Waals surface area (Å²) in [5, 5.41) is 0. The number of carbonyl (C=O) groups excluding carboxylic acids is 2. The number of amides is 2. The van der Waals surface area contributed by atoms with E-state index in [-0.39, 0.29) is 17.9 Å². The van der Waals surface area contributed by atoms with E-state index in [1.807, 2.05) is 11.8 Å². The lowest BCUT2D eigenvalue weighted by molar-refractivity contribution is -0.147. The Morgan fingerprint density at radius 3 is 2.65 bits per heavy atom. The molecule has 0 spiro atoms. The smallest absolute Gasteiger partial charge is 0.245 e. The fourth-order valence-electron chi connectivity index (χ4n) is 2.93. The maximum absolute atomic E-state index is 12.5. The van der Waals surface area contributed by atoms with Crippen LogP contribution in [0.15, 0.2) is 0 Å². The highest BCUT2D eigenvalue weighted by Gasteiger charge is 2.38. The summed E-state index contributed by atoms with van der Waals surface area (Å²) >= 11 is 0. The molecule has 2 fully saturated rings. The van der Waals surface area contributed by atoms with Gasteiger partial charge in [0.05, 0.1) is 19.3 Å². The summed E-state index contributed by atoms with van der Waals surface area (Å²) in [6, 6.07) is -0.790. The Morgan fingerprint density at radius 2 is 2.00 bits per heavy atom. The van der Waals surface area contributed by atoms with Crippen molar-refractivity contribution in [2.75, 3.05) is 32.8 Å². The summed E-state index contributed by atoms with van der Waals surface area (Å²) in [4.78, 5) is 28.4. The third-order valence-electron chi connectivity index (χ3n) is 4.06. The SMILES string of the molecule is CCC[C@H](N)C(=O)N1CCCC1C(=O)N1CCOCC1. The normalized spacial score (nSPS) is 24.8. The summed E-state index contributed by atoms with van der Waals surface area (Å²) < 4.78 is 5.26. The molecule has 2 rings (SSSR count). The molecule has 114 valence electrons. The topological polar surface area (TPSA) is 75.9 Å². The first kappa shape index (κ1) is 15.3. The lowest BCUT2D eigenvalue weighted by atomic mass is 10.1. The molecular weight excluding hydrogens is 258 g/mol. The molecule has 2 atom stereocenters. The van der Waals surface area contributed by atoms with Crippen molar-refractivity contribution < 1.29 is 14.3 Å². The fourth-order valence-corrected chi connectivity index (χ4v) is 2.93. The molecule has 0 radical (unpaired) electrons. The van der Waals surface area contributed by atoms with Gasteiger partial charge in [-0.3, -0.25) is 9.59 Å². The lowest BCUT2D eigenvalue weighted by Crippen LogP contribution is -2.53. The Kier molecular flexibility index (Phi) is 5.37. The second-order valence-corrected chi connectivity index (χ2v) is 5.52. The van der Waals surface area contributed by atoms with E-state index in [1.165, 1.54) is 0 Å². The first-order chi connectivity index (χ1) is 9.65. The Labute approximate surface area is 120 Å². The molecule has 2 N–H and O–H groups in total. The van der Waals surface area contributed by atoms with Crippen LogP contribution >= 0.6 is 0 Å². The maximum Gasteiger partial charge on any atom is 0.245 e. The molecule has 2 aliphatic heterocycles. The quantitative estimate of drug-likeness (QED) is 0.786. The zero-order valence-electron chi connectivity index (χ0n) is 12.2. The maximum atomic E-state index is 12.5. The van der Waals surface area contributed by atoms with Crippen LogP contribution in [0, 0.1) is 0 Å². The van der Waals surface area contributed by atoms with Crippen molar-refractivity contribution in [2.45, 2.75) is 44.7 Å². The molecule has 0 saturated carbocycles. The van der Waals surface area contributed by atoms with Gasteiger partial charge >= 0.3 is 0 Å². The van der Waals surface area contributed by atoms with E-state index < -0.39 is 6.04 Å². The molecule has 0 aliphatic carbocycles. The Balaban J connectivity index is 1.99. The second kappa shape index (κ2) is 7.04. The van der Waals surface area contributed by atoms with Gasteiger partial charge in [-0.2, -0.15) is 0 Å². The van der Waals surface area contributed by atoms with Crippen LogP contribution in [0.5, 0.6) is 0 Å². The molecule has 6 heteroatoms. The Bertz CT molecular complexity index is 356. The molecule has 0 aromatic carbocycles. The van der Waals surface area contributed by atoms with Crippen molar-refractivity contribution >= 4 is 11.8 Å². The molecule has 2 aliphatic rings. The van der Waals surface area contributed by atoms with Gasteiger partial charge in [0.1, 0.15) is 6.04 Å². The van der Waals surface area contributed by atoms with Crippen molar-refractivity contribution in [1.29, 1.82) is 0 Å². The van der Waals surface area contributed by atoms with E-state index in [4.69, 9.17) is 10.5 Å². The standard InChI is InChI=1S/C14H25N3O3/c1-2-4-11(15)13(18)17-6-3-5-12(17)14(19)16-7-9-20-10-8-16/h11-12H,2-10,15H2,1H3/t11-,12?/m0/s1. The zero-order chi connectivity index (χ0) is 14.5. The Hall–Kier alpha value is -1.14. The largest absolute Gasteiger partial charge is 0.378 e. The third kappa shape index (κ3) is 3.30. The van der Waals surface area contributed by atoms with Crippen LogP contribution in [0.25, 0.3) is 0 Å². The summed E-state index contributed by atoms with van der Waals surface area (Å²) in [6.07, 6.45) is 3.18. The summed E-state index contributed by atoms with van der Waals surface area (Å²) in [5.74, 6) is -0.0150. The van der Waals surface area contributed by atoms with Gasteiger partial charge < -0.3 is 20.3 Å². The molecular formula is C14H25N3O3. The van der Waals surface area contributed by atoms with Crippen LogP contribution in [-0.2, 0) is 14.3 Å². The van der Waals surface area contributed by atoms with Gasteiger partial charge in [0, 0.05) is 19.6 Å². The predicted molar refractivity (Wildman–Crippen MR) is 75.0 cm³/mol. The van der Waals surface area contributed by atoms with Crippen LogP contribution in [0.1, 0.15) is 32.6 Å². The first-order valence-corrected chi connectivity index (χ1v) is 7.57. The number of likely N-dealkylation sites (tertiary alicyclic amines) is 1.